The number of carbonyl (C=O) groups excluding carboxylic acids is 1. The number of carbonyl (C=O) groups is 1. The predicted molar refractivity (Wildman–Crippen MR) is 76.3 cm³/mol. The van der Waals surface area contributed by atoms with Gasteiger partial charge < -0.3 is 9.64 Å². The van der Waals surface area contributed by atoms with Crippen LogP contribution in [-0.2, 0) is 4.79 Å². The summed E-state index contributed by atoms with van der Waals surface area (Å²) in [6.45, 7) is 4.92. The van der Waals surface area contributed by atoms with E-state index < -0.39 is 0 Å². The van der Waals surface area contributed by atoms with Gasteiger partial charge >= 0.3 is 0 Å². The molecule has 1 aromatic carbocycles. The summed E-state index contributed by atoms with van der Waals surface area (Å²) >= 11 is 3.50. The molecule has 1 aliphatic rings. The molecule has 1 aromatic rings. The van der Waals surface area contributed by atoms with Crippen LogP contribution in [0, 0.1) is 5.92 Å². The first kappa shape index (κ1) is 13.4. The first-order valence-electron chi connectivity index (χ1n) is 6.17. The summed E-state index contributed by atoms with van der Waals surface area (Å²) in [6.07, 6.45) is 0.634. The third-order valence-electron chi connectivity index (χ3n) is 3.79. The Balaban J connectivity index is 2.26. The number of nitrogens with zero attached hydrogens (tertiary/aromatic N) is 1. The molecule has 2 atom stereocenters. The Morgan fingerprint density at radius 1 is 1.39 bits per heavy atom. The van der Waals surface area contributed by atoms with E-state index in [4.69, 9.17) is 4.74 Å². The van der Waals surface area contributed by atoms with Gasteiger partial charge in [-0.05, 0) is 41.1 Å². The number of anilines is 1. The number of rotatable bonds is 2. The maximum atomic E-state index is 11.7. The Kier molecular flexibility index (Phi) is 3.95. The van der Waals surface area contributed by atoms with Crippen molar-refractivity contribution in [2.24, 2.45) is 5.92 Å². The summed E-state index contributed by atoms with van der Waals surface area (Å²) in [5, 5.41) is 0. The quantitative estimate of drug-likeness (QED) is 0.839. The third kappa shape index (κ3) is 2.39. The molecule has 0 aromatic heterocycles. The van der Waals surface area contributed by atoms with Gasteiger partial charge in [0.05, 0.1) is 11.6 Å². The minimum atomic E-state index is 0.0969. The van der Waals surface area contributed by atoms with Gasteiger partial charge in [0.2, 0.25) is 0 Å². The summed E-state index contributed by atoms with van der Waals surface area (Å²) in [5.74, 6) is 1.29. The number of halogens is 1. The Bertz CT molecular complexity index is 461. The summed E-state index contributed by atoms with van der Waals surface area (Å²) in [4.78, 5) is 14.0. The van der Waals surface area contributed by atoms with Crippen LogP contribution in [0.3, 0.4) is 0 Å². The Morgan fingerprint density at radius 2 is 2.11 bits per heavy atom. The van der Waals surface area contributed by atoms with Crippen molar-refractivity contribution in [2.75, 3.05) is 18.6 Å². The average molecular weight is 312 g/mol. The van der Waals surface area contributed by atoms with Gasteiger partial charge in [0.25, 0.3) is 0 Å². The molecular formula is C14H18BrNO2. The molecule has 1 saturated heterocycles. The molecule has 98 valence electrons. The second-order valence-electron chi connectivity index (χ2n) is 4.76. The molecule has 2 rings (SSSR count). The third-order valence-corrected chi connectivity index (χ3v) is 4.41. The molecule has 2 unspecified atom stereocenters. The Morgan fingerprint density at radius 3 is 2.72 bits per heavy atom. The molecule has 1 aliphatic heterocycles. The molecule has 0 bridgehead atoms. The molecule has 0 N–H and O–H groups in total. The number of ether oxygens (including phenoxy) is 1. The van der Waals surface area contributed by atoms with Crippen LogP contribution in [0.5, 0.6) is 5.75 Å². The van der Waals surface area contributed by atoms with E-state index in [2.05, 4.69) is 33.8 Å². The van der Waals surface area contributed by atoms with Crippen molar-refractivity contribution in [3.05, 3.63) is 22.7 Å². The highest BCUT2D eigenvalue weighted by molar-refractivity contribution is 9.10. The van der Waals surface area contributed by atoms with Gasteiger partial charge in [-0.15, -0.1) is 0 Å². The van der Waals surface area contributed by atoms with Gasteiger partial charge in [0, 0.05) is 30.6 Å². The number of methoxy groups -OCH3 is 1. The fraction of sp³-hybridized carbons (Fsp3) is 0.500. The van der Waals surface area contributed by atoms with Crippen LogP contribution < -0.4 is 9.64 Å². The standard InChI is InChI=1S/C14H18BrNO2/c1-9-10(2)16(7-6-13(9)17)11-4-5-14(18-3)12(15)8-11/h4-5,8-10H,6-7H2,1-3H3. The number of hydrogen-bond donors (Lipinski definition) is 0. The molecule has 0 amide bonds. The highest BCUT2D eigenvalue weighted by atomic mass is 79.9. The van der Waals surface area contributed by atoms with Gasteiger partial charge in [-0.25, -0.2) is 0 Å². The van der Waals surface area contributed by atoms with Crippen LogP contribution in [0.4, 0.5) is 5.69 Å². The average Bonchev–Trinajstić information content (AvgIpc) is 2.36. The summed E-state index contributed by atoms with van der Waals surface area (Å²) in [7, 11) is 1.66. The lowest BCUT2D eigenvalue weighted by molar-refractivity contribution is -0.123. The SMILES string of the molecule is COc1ccc(N2CCC(=O)C(C)C2C)cc1Br. The lowest BCUT2D eigenvalue weighted by Crippen LogP contribution is -2.46. The van der Waals surface area contributed by atoms with Crippen LogP contribution in [0.1, 0.15) is 20.3 Å². The maximum absolute atomic E-state index is 11.7. The van der Waals surface area contributed by atoms with Gasteiger partial charge in [0.1, 0.15) is 11.5 Å². The molecule has 0 saturated carbocycles. The fourth-order valence-corrected chi connectivity index (χ4v) is 2.93. The van der Waals surface area contributed by atoms with Gasteiger partial charge in [-0.2, -0.15) is 0 Å². The van der Waals surface area contributed by atoms with E-state index in [1.165, 1.54) is 0 Å². The van der Waals surface area contributed by atoms with Crippen molar-refractivity contribution in [1.29, 1.82) is 0 Å². The van der Waals surface area contributed by atoms with Crippen molar-refractivity contribution in [3.63, 3.8) is 0 Å². The van der Waals surface area contributed by atoms with E-state index in [9.17, 15) is 4.79 Å². The molecule has 18 heavy (non-hydrogen) atoms. The number of ketones is 1. The zero-order valence-corrected chi connectivity index (χ0v) is 12.5. The highest BCUT2D eigenvalue weighted by Crippen LogP contribution is 2.33. The second kappa shape index (κ2) is 5.31. The first-order valence-corrected chi connectivity index (χ1v) is 6.96. The van der Waals surface area contributed by atoms with E-state index in [1.54, 1.807) is 7.11 Å². The Labute approximate surface area is 116 Å². The predicted octanol–water partition coefficient (Wildman–Crippen LogP) is 3.26. The number of benzene rings is 1. The van der Waals surface area contributed by atoms with Crippen LogP contribution in [0.15, 0.2) is 22.7 Å². The van der Waals surface area contributed by atoms with Crippen LogP contribution in [-0.4, -0.2) is 25.5 Å². The van der Waals surface area contributed by atoms with Gasteiger partial charge in [-0.3, -0.25) is 4.79 Å². The van der Waals surface area contributed by atoms with Gasteiger partial charge in [-0.1, -0.05) is 6.92 Å². The van der Waals surface area contributed by atoms with Crippen LogP contribution in [0.25, 0.3) is 0 Å². The van der Waals surface area contributed by atoms with E-state index >= 15 is 0 Å². The molecule has 4 heteroatoms. The van der Waals surface area contributed by atoms with Crippen molar-refractivity contribution in [3.8, 4) is 5.75 Å². The normalized spacial score (nSPS) is 24.2. The van der Waals surface area contributed by atoms with Crippen molar-refractivity contribution in [1.82, 2.24) is 0 Å². The molecule has 0 aliphatic carbocycles. The van der Waals surface area contributed by atoms with E-state index in [0.717, 1.165) is 22.5 Å². The van der Waals surface area contributed by atoms with Crippen molar-refractivity contribution >= 4 is 27.4 Å². The van der Waals surface area contributed by atoms with Crippen molar-refractivity contribution < 1.29 is 9.53 Å². The number of piperidine rings is 1. The zero-order chi connectivity index (χ0) is 13.3. The second-order valence-corrected chi connectivity index (χ2v) is 5.61. The first-order chi connectivity index (χ1) is 8.54. The zero-order valence-electron chi connectivity index (χ0n) is 10.9. The largest absolute Gasteiger partial charge is 0.496 e. The Hall–Kier alpha value is -1.03. The summed E-state index contributed by atoms with van der Waals surface area (Å²) in [5.41, 5.74) is 1.13. The lowest BCUT2D eigenvalue weighted by Gasteiger charge is -2.38. The van der Waals surface area contributed by atoms with Crippen LogP contribution >= 0.6 is 15.9 Å². The molecule has 0 radical (unpaired) electrons. The van der Waals surface area contributed by atoms with Gasteiger partial charge in [0.15, 0.2) is 0 Å². The van der Waals surface area contributed by atoms with Crippen LogP contribution in [0.2, 0.25) is 0 Å². The molecule has 0 spiro atoms. The number of hydrogen-bond acceptors (Lipinski definition) is 3. The maximum Gasteiger partial charge on any atom is 0.139 e. The van der Waals surface area contributed by atoms with E-state index in [1.807, 2.05) is 19.1 Å². The summed E-state index contributed by atoms with van der Waals surface area (Å²) in [6, 6.07) is 6.29. The minimum Gasteiger partial charge on any atom is -0.496 e. The topological polar surface area (TPSA) is 29.5 Å². The number of Topliss-reactive ketones (excluding diaryl/α,β-unsaturated/α-hetero) is 1. The summed E-state index contributed by atoms with van der Waals surface area (Å²) < 4.78 is 6.18. The smallest absolute Gasteiger partial charge is 0.139 e. The molecule has 1 heterocycles. The molecule has 3 nitrogen and oxygen atoms in total. The lowest BCUT2D eigenvalue weighted by atomic mass is 9.90. The fourth-order valence-electron chi connectivity index (χ4n) is 2.40. The van der Waals surface area contributed by atoms with E-state index in [-0.39, 0.29) is 12.0 Å². The van der Waals surface area contributed by atoms with Crippen molar-refractivity contribution in [2.45, 2.75) is 26.3 Å². The van der Waals surface area contributed by atoms with E-state index in [0.29, 0.717) is 12.2 Å². The molecule has 1 fully saturated rings. The minimum absolute atomic E-state index is 0.0969. The molecular weight excluding hydrogens is 294 g/mol. The monoisotopic (exact) mass is 311 g/mol. The highest BCUT2D eigenvalue weighted by Gasteiger charge is 2.30.